The van der Waals surface area contributed by atoms with E-state index in [0.29, 0.717) is 38.0 Å². The van der Waals surface area contributed by atoms with Crippen LogP contribution in [0.25, 0.3) is 33.3 Å². The molecule has 1 unspecified atom stereocenters. The second-order valence-electron chi connectivity index (χ2n) is 21.4. The number of hydrazine groups is 1. The highest BCUT2D eigenvalue weighted by Crippen LogP contribution is 2.42. The van der Waals surface area contributed by atoms with E-state index >= 15 is 0 Å². The third kappa shape index (κ3) is 12.2. The molecule has 5 aromatic rings. The molecule has 6 bridgehead atoms. The van der Waals surface area contributed by atoms with Gasteiger partial charge in [-0.25, -0.2) is 10.4 Å². The number of aldehydes is 1. The SMILES string of the molecule is CCn1c(-c2ccccc2CN(C)C)c2c3cc(ccc31)-c1cc(O)cc(c1)C[C@H](NC(=O)[C@H](C(C)C)N(C)C(=O)c1ncc(NC(=O)/C=C/CN(C)C)n1C)C(=O)N1CCCC(C=O)(COCC(C)(C)C2)N1. The summed E-state index contributed by atoms with van der Waals surface area (Å²) in [5, 5.41) is 19.7. The van der Waals surface area contributed by atoms with Crippen LogP contribution in [0.3, 0.4) is 0 Å². The molecule has 0 radical (unpaired) electrons. The number of carbonyl (C=O) groups is 5. The van der Waals surface area contributed by atoms with Crippen LogP contribution in [0.15, 0.2) is 79.0 Å². The van der Waals surface area contributed by atoms with Gasteiger partial charge in [0.25, 0.3) is 11.8 Å². The van der Waals surface area contributed by atoms with Crippen LogP contribution in [0.1, 0.15) is 74.8 Å². The van der Waals surface area contributed by atoms with E-state index in [1.165, 1.54) is 44.9 Å². The van der Waals surface area contributed by atoms with Gasteiger partial charge in [-0.05, 0) is 118 Å². The molecule has 4 heterocycles. The number of aromatic hydroxyl groups is 1. The summed E-state index contributed by atoms with van der Waals surface area (Å²) in [6.45, 7) is 12.7. The highest BCUT2D eigenvalue weighted by atomic mass is 16.5. The number of ether oxygens (including phenoxy) is 1. The minimum absolute atomic E-state index is 0.00408. The molecular formula is C56H74N10O7. The van der Waals surface area contributed by atoms with Crippen molar-refractivity contribution < 1.29 is 33.8 Å². The van der Waals surface area contributed by atoms with Gasteiger partial charge >= 0.3 is 0 Å². The second kappa shape index (κ2) is 22.6. The van der Waals surface area contributed by atoms with Gasteiger partial charge in [0.15, 0.2) is 0 Å². The zero-order valence-electron chi connectivity index (χ0n) is 44.4. The van der Waals surface area contributed by atoms with Gasteiger partial charge in [-0.1, -0.05) is 70.2 Å². The molecule has 1 saturated heterocycles. The zero-order valence-corrected chi connectivity index (χ0v) is 44.4. The van der Waals surface area contributed by atoms with Crippen LogP contribution >= 0.6 is 0 Å². The number of aromatic nitrogens is 3. The van der Waals surface area contributed by atoms with E-state index in [2.05, 4.69) is 108 Å². The summed E-state index contributed by atoms with van der Waals surface area (Å²) in [6, 6.07) is 17.9. The number of amides is 4. The Morgan fingerprint density at radius 3 is 2.45 bits per heavy atom. The summed E-state index contributed by atoms with van der Waals surface area (Å²) in [4.78, 5) is 79.5. The molecule has 390 valence electrons. The fraction of sp³-hybridized carbons (Fsp3) is 0.464. The number of aryl methyl sites for hydroxylation is 1. The lowest BCUT2D eigenvalue weighted by Gasteiger charge is -2.42. The van der Waals surface area contributed by atoms with Crippen molar-refractivity contribution in [2.75, 3.05) is 66.9 Å². The van der Waals surface area contributed by atoms with E-state index in [-0.39, 0.29) is 42.9 Å². The number of hydrogen-bond acceptors (Lipinski definition) is 11. The van der Waals surface area contributed by atoms with E-state index < -0.39 is 46.7 Å². The fourth-order valence-corrected chi connectivity index (χ4v) is 10.3. The number of benzene rings is 3. The molecule has 0 aliphatic carbocycles. The molecular weight excluding hydrogens is 925 g/mol. The van der Waals surface area contributed by atoms with Crippen LogP contribution in [0.2, 0.25) is 0 Å². The number of carbonyl (C=O) groups excluding carboxylic acids is 5. The molecule has 3 atom stereocenters. The fourth-order valence-electron chi connectivity index (χ4n) is 10.3. The lowest BCUT2D eigenvalue weighted by Crippen LogP contribution is -2.66. The molecule has 17 nitrogen and oxygen atoms in total. The van der Waals surface area contributed by atoms with Crippen molar-refractivity contribution in [3.05, 3.63) is 102 Å². The van der Waals surface area contributed by atoms with E-state index in [0.717, 1.165) is 52.7 Å². The third-order valence-electron chi connectivity index (χ3n) is 13.8. The summed E-state index contributed by atoms with van der Waals surface area (Å²) in [6.07, 6.45) is 6.83. The van der Waals surface area contributed by atoms with Crippen LogP contribution < -0.4 is 16.1 Å². The number of anilines is 1. The maximum atomic E-state index is 15.0. The molecule has 0 spiro atoms. The minimum Gasteiger partial charge on any atom is -0.508 e. The Kier molecular flexibility index (Phi) is 16.8. The number of likely N-dealkylation sites (N-methyl/N-ethyl adjacent to an activating group) is 2. The van der Waals surface area contributed by atoms with Crippen molar-refractivity contribution in [1.82, 2.24) is 44.6 Å². The van der Waals surface area contributed by atoms with Gasteiger partial charge in [0, 0.05) is 69.2 Å². The lowest BCUT2D eigenvalue weighted by molar-refractivity contribution is -0.147. The second-order valence-corrected chi connectivity index (χ2v) is 21.4. The molecule has 7 rings (SSSR count). The molecule has 2 aliphatic rings. The van der Waals surface area contributed by atoms with Crippen molar-refractivity contribution in [2.24, 2.45) is 18.4 Å². The number of hydrogen-bond donors (Lipinski definition) is 4. The molecule has 73 heavy (non-hydrogen) atoms. The van der Waals surface area contributed by atoms with Crippen LogP contribution in [0.4, 0.5) is 5.82 Å². The van der Waals surface area contributed by atoms with Crippen molar-refractivity contribution in [2.45, 2.75) is 91.0 Å². The van der Waals surface area contributed by atoms with Crippen LogP contribution in [0, 0.1) is 11.3 Å². The van der Waals surface area contributed by atoms with Gasteiger partial charge in [-0.15, -0.1) is 0 Å². The van der Waals surface area contributed by atoms with E-state index in [4.69, 9.17) is 4.74 Å². The standard InChI is InChI=1S/C56H74N10O7/c1-12-65-46-21-20-38-29-43(46)44(50(65)42-18-14-13-17-39(42)32-62(8)9)30-55(4,5)34-73-35-56(33-67)22-16-24-66(60-56)53(71)45(27-37-25-40(38)28-41(68)26-37)58-52(70)49(36(2)3)64(11)54(72)51-57-31-47(63(51)10)59-48(69)19-15-23-61(6)7/h13-15,17-21,25-26,28-29,31,33,36,45,49,60,68H,12,16,22-24,27,30,32,34-35H2,1-11H3,(H,58,70)(H,59,69)/b19-15+/t45-,49-,56?/m0/s1. The van der Waals surface area contributed by atoms with Gasteiger partial charge < -0.3 is 49.1 Å². The van der Waals surface area contributed by atoms with Gasteiger partial charge in [0.05, 0.1) is 25.1 Å². The summed E-state index contributed by atoms with van der Waals surface area (Å²) < 4.78 is 10.4. The van der Waals surface area contributed by atoms with E-state index in [1.807, 2.05) is 25.1 Å². The van der Waals surface area contributed by atoms with Crippen LogP contribution in [-0.4, -0.2) is 148 Å². The maximum Gasteiger partial charge on any atom is 0.290 e. The van der Waals surface area contributed by atoms with Gasteiger partial charge in [0.1, 0.15) is 35.5 Å². The van der Waals surface area contributed by atoms with Gasteiger partial charge in [0.2, 0.25) is 17.6 Å². The molecule has 4 amide bonds. The Bertz CT molecular complexity index is 2880. The lowest BCUT2D eigenvalue weighted by atomic mass is 9.83. The van der Waals surface area contributed by atoms with Gasteiger partial charge in [-0.3, -0.25) is 24.2 Å². The smallest absolute Gasteiger partial charge is 0.290 e. The van der Waals surface area contributed by atoms with Crippen LogP contribution in [0.5, 0.6) is 5.75 Å². The summed E-state index contributed by atoms with van der Waals surface area (Å²) in [5.74, 6) is -2.23. The molecule has 17 heteroatoms. The monoisotopic (exact) mass is 999 g/mol. The summed E-state index contributed by atoms with van der Waals surface area (Å²) >= 11 is 0. The largest absolute Gasteiger partial charge is 0.508 e. The Morgan fingerprint density at radius 2 is 1.75 bits per heavy atom. The van der Waals surface area contributed by atoms with E-state index in [1.54, 1.807) is 39.1 Å². The molecule has 1 fully saturated rings. The third-order valence-corrected chi connectivity index (χ3v) is 13.8. The highest BCUT2D eigenvalue weighted by molar-refractivity contribution is 6.00. The molecule has 2 aromatic heterocycles. The first-order chi connectivity index (χ1) is 34.6. The zero-order chi connectivity index (χ0) is 52.9. The number of imidazole rings is 1. The number of phenols is 1. The molecule has 3 aromatic carbocycles. The molecule has 4 N–H and O–H groups in total. The van der Waals surface area contributed by atoms with Crippen molar-refractivity contribution >= 4 is 46.6 Å². The topological polar surface area (TPSA) is 187 Å². The first kappa shape index (κ1) is 54.1. The average molecular weight is 999 g/mol. The number of nitrogens with zero attached hydrogens (tertiary/aromatic N) is 7. The van der Waals surface area contributed by atoms with Crippen molar-refractivity contribution in [1.29, 1.82) is 0 Å². The highest BCUT2D eigenvalue weighted by Gasteiger charge is 2.41. The average Bonchev–Trinajstić information content (AvgIpc) is 3.84. The Balaban J connectivity index is 1.28. The van der Waals surface area contributed by atoms with Crippen LogP contribution in [-0.2, 0) is 56.9 Å². The molecule has 2 aliphatic heterocycles. The Labute approximate surface area is 429 Å². The van der Waals surface area contributed by atoms with E-state index in [9.17, 15) is 29.1 Å². The van der Waals surface area contributed by atoms with Crippen molar-refractivity contribution in [3.8, 4) is 28.1 Å². The quantitative estimate of drug-likeness (QED) is 0.0751. The Hall–Kier alpha value is -6.66. The first-order valence-electron chi connectivity index (χ1n) is 25.2. The minimum atomic E-state index is -1.23. The Morgan fingerprint density at radius 1 is 1.00 bits per heavy atom. The summed E-state index contributed by atoms with van der Waals surface area (Å²) in [7, 11) is 11.0. The number of fused-ring (bicyclic) bond motifs is 6. The van der Waals surface area contributed by atoms with Gasteiger partial charge in [-0.2, -0.15) is 0 Å². The maximum absolute atomic E-state index is 15.0. The van der Waals surface area contributed by atoms with Crippen molar-refractivity contribution in [3.63, 3.8) is 0 Å². The predicted octanol–water partition coefficient (Wildman–Crippen LogP) is 6.04. The normalized spacial score (nSPS) is 18.8. The molecule has 0 saturated carbocycles. The number of rotatable bonds is 14. The number of nitrogens with one attached hydrogen (secondary N) is 3. The first-order valence-corrected chi connectivity index (χ1v) is 25.2. The number of phenolic OH excluding ortho intramolecular Hbond substituents is 1. The predicted molar refractivity (Wildman–Crippen MR) is 285 cm³/mol. The summed E-state index contributed by atoms with van der Waals surface area (Å²) in [5.41, 5.74) is 9.48.